The molecule has 8 aromatic carbocycles. The number of hydrogen-bond donors (Lipinski definition) is 0. The zero-order valence-corrected chi connectivity index (χ0v) is 42.3. The van der Waals surface area contributed by atoms with Crippen molar-refractivity contribution in [2.24, 2.45) is 0 Å². The van der Waals surface area contributed by atoms with Gasteiger partial charge in [0, 0.05) is 35.0 Å². The molecule has 1 fully saturated rings. The van der Waals surface area contributed by atoms with E-state index in [1.54, 1.807) is 0 Å². The van der Waals surface area contributed by atoms with Gasteiger partial charge in [-0.25, -0.2) is 9.97 Å². The van der Waals surface area contributed by atoms with Crippen LogP contribution in [0.2, 0.25) is 0 Å². The Balaban J connectivity index is 0.000000142. The summed E-state index contributed by atoms with van der Waals surface area (Å²) in [5, 5.41) is 0. The topological polar surface area (TPSA) is 54.1 Å². The molecule has 0 N–H and O–H groups in total. The number of fused-ring (bicyclic) bond motifs is 2. The summed E-state index contributed by atoms with van der Waals surface area (Å²) in [5.74, 6) is 1.87. The lowest BCUT2D eigenvalue weighted by molar-refractivity contribution is 0.00578. The minimum absolute atomic E-state index is 0.350. The van der Waals surface area contributed by atoms with E-state index in [0.29, 0.717) is 0 Å². The number of aromatic nitrogens is 4. The number of nitrogens with zero attached hydrogens (tertiary/aromatic N) is 4. The van der Waals surface area contributed by atoms with Crippen molar-refractivity contribution in [2.45, 2.75) is 38.9 Å². The average molecular weight is 1100 g/mol. The molecule has 326 valence electrons. The molecule has 3 heterocycles. The highest BCUT2D eigenvalue weighted by atomic mass is 127. The molecule has 6 nitrogen and oxygen atoms in total. The van der Waals surface area contributed by atoms with Crippen LogP contribution in [0.4, 0.5) is 0 Å². The highest BCUT2D eigenvalue weighted by Crippen LogP contribution is 2.37. The third-order valence-corrected chi connectivity index (χ3v) is 13.6. The van der Waals surface area contributed by atoms with Crippen LogP contribution in [-0.4, -0.2) is 37.4 Å². The highest BCUT2D eigenvalue weighted by molar-refractivity contribution is 14.1. The maximum atomic E-state index is 6.19. The first kappa shape index (κ1) is 45.5. The molecule has 1 saturated heterocycles. The van der Waals surface area contributed by atoms with E-state index in [0.717, 1.165) is 70.6 Å². The second kappa shape index (κ2) is 19.7. The normalized spacial score (nSPS) is 13.8. The van der Waals surface area contributed by atoms with Gasteiger partial charge in [-0.05, 0) is 146 Å². The Morgan fingerprint density at radius 3 is 1.32 bits per heavy atom. The van der Waals surface area contributed by atoms with Gasteiger partial charge >= 0.3 is 7.12 Å². The van der Waals surface area contributed by atoms with E-state index >= 15 is 0 Å². The van der Waals surface area contributed by atoms with Crippen LogP contribution in [0.15, 0.2) is 215 Å². The molecule has 10 heteroatoms. The SMILES string of the molecule is Brc1cccc(-c2ccc(-c3nc4ccccc4n3-c3ccccc3)cc2)c1.Brc1cccc(I)c1.CC1(C)OB(c2ccc(-c3nc4ccccc4n3-c3ccccc3)cc2)OC1(C)C. The minimum atomic E-state index is -0.364. The van der Waals surface area contributed by atoms with Crippen molar-refractivity contribution in [3.63, 3.8) is 0 Å². The number of para-hydroxylation sites is 6. The van der Waals surface area contributed by atoms with Gasteiger partial charge in [-0.1, -0.05) is 159 Å². The monoisotopic (exact) mass is 1100 g/mol. The first-order chi connectivity index (χ1) is 31.9. The van der Waals surface area contributed by atoms with E-state index in [9.17, 15) is 0 Å². The number of halogens is 3. The molecule has 0 amide bonds. The van der Waals surface area contributed by atoms with E-state index in [1.807, 2.05) is 42.5 Å². The summed E-state index contributed by atoms with van der Waals surface area (Å²) in [4.78, 5) is 9.86. The van der Waals surface area contributed by atoms with Crippen molar-refractivity contribution in [3.05, 3.63) is 219 Å². The summed E-state index contributed by atoms with van der Waals surface area (Å²) in [7, 11) is -0.364. The van der Waals surface area contributed by atoms with Crippen molar-refractivity contribution < 1.29 is 9.31 Å². The van der Waals surface area contributed by atoms with Gasteiger partial charge in [-0.15, -0.1) is 0 Å². The summed E-state index contributed by atoms with van der Waals surface area (Å²) in [6.07, 6.45) is 0. The maximum Gasteiger partial charge on any atom is 0.494 e. The van der Waals surface area contributed by atoms with E-state index in [2.05, 4.69) is 255 Å². The molecule has 0 aliphatic carbocycles. The largest absolute Gasteiger partial charge is 0.494 e. The smallest absolute Gasteiger partial charge is 0.399 e. The molecule has 0 unspecified atom stereocenters. The van der Waals surface area contributed by atoms with E-state index < -0.39 is 0 Å². The quantitative estimate of drug-likeness (QED) is 0.123. The maximum absolute atomic E-state index is 6.19. The molecular weight excluding hydrogens is 1060 g/mol. The molecule has 1 aliphatic heterocycles. The summed E-state index contributed by atoms with van der Waals surface area (Å²) in [5.41, 5.74) is 11.2. The Bertz CT molecular complexity index is 3210. The van der Waals surface area contributed by atoms with Gasteiger partial charge in [0.1, 0.15) is 11.6 Å². The first-order valence-electron chi connectivity index (χ1n) is 21.7. The Hall–Kier alpha value is -5.63. The Labute approximate surface area is 417 Å². The lowest BCUT2D eigenvalue weighted by Crippen LogP contribution is -2.41. The fraction of sp³-hybridized carbons (Fsp3) is 0.107. The van der Waals surface area contributed by atoms with Crippen molar-refractivity contribution in [1.82, 2.24) is 19.1 Å². The van der Waals surface area contributed by atoms with Crippen LogP contribution in [0, 0.1) is 3.57 Å². The fourth-order valence-corrected chi connectivity index (χ4v) is 9.59. The molecule has 0 bridgehead atoms. The van der Waals surface area contributed by atoms with Crippen LogP contribution in [0.1, 0.15) is 27.7 Å². The molecule has 0 saturated carbocycles. The standard InChI is InChI=1S/C25H25BN2O2.C25H17BrN2.C6H4BrI/c1-24(2)25(3,4)30-26(29-24)19-16-14-18(15-17-19)23-27-21-12-8-9-13-22(21)28(23)20-10-6-5-7-11-20;26-21-8-6-7-20(17-21)18-13-15-19(16-14-18)25-27-23-11-4-5-12-24(23)28(25)22-9-2-1-3-10-22;7-5-2-1-3-6(8)4-5/h5-17H,1-4H3;1-17H;1-4H. The number of hydrogen-bond acceptors (Lipinski definition) is 4. The first-order valence-corrected chi connectivity index (χ1v) is 24.4. The van der Waals surface area contributed by atoms with Gasteiger partial charge in [0.05, 0.1) is 33.3 Å². The number of rotatable bonds is 6. The molecule has 0 radical (unpaired) electrons. The molecule has 1 aliphatic rings. The fourth-order valence-electron chi connectivity index (χ4n) is 7.82. The average Bonchev–Trinajstić information content (AvgIpc) is 3.98. The van der Waals surface area contributed by atoms with E-state index in [4.69, 9.17) is 19.3 Å². The van der Waals surface area contributed by atoms with Crippen LogP contribution < -0.4 is 5.46 Å². The van der Waals surface area contributed by atoms with Crippen molar-refractivity contribution >= 4 is 89.1 Å². The minimum Gasteiger partial charge on any atom is -0.399 e. The summed E-state index contributed by atoms with van der Waals surface area (Å²) in [6.45, 7) is 8.29. The van der Waals surface area contributed by atoms with Crippen LogP contribution in [0.25, 0.3) is 67.3 Å². The van der Waals surface area contributed by atoms with E-state index in [1.165, 1.54) is 14.7 Å². The zero-order chi connectivity index (χ0) is 45.8. The van der Waals surface area contributed by atoms with Crippen LogP contribution >= 0.6 is 54.5 Å². The van der Waals surface area contributed by atoms with Crippen LogP contribution in [0.5, 0.6) is 0 Å². The van der Waals surface area contributed by atoms with Crippen molar-refractivity contribution in [3.8, 4) is 45.3 Å². The lowest BCUT2D eigenvalue weighted by atomic mass is 9.79. The van der Waals surface area contributed by atoms with Crippen molar-refractivity contribution in [1.29, 1.82) is 0 Å². The molecule has 11 rings (SSSR count). The predicted molar refractivity (Wildman–Crippen MR) is 289 cm³/mol. The van der Waals surface area contributed by atoms with Gasteiger partial charge < -0.3 is 9.31 Å². The third-order valence-electron chi connectivity index (χ3n) is 11.9. The Morgan fingerprint density at radius 2 is 0.864 bits per heavy atom. The molecule has 0 atom stereocenters. The summed E-state index contributed by atoms with van der Waals surface area (Å²) < 4.78 is 20.3. The van der Waals surface area contributed by atoms with Crippen molar-refractivity contribution in [2.75, 3.05) is 0 Å². The summed E-state index contributed by atoms with van der Waals surface area (Å²) >= 11 is 9.18. The molecule has 2 aromatic heterocycles. The van der Waals surface area contributed by atoms with Gasteiger partial charge in [0.25, 0.3) is 0 Å². The second-order valence-corrected chi connectivity index (χ2v) is 20.0. The number of imidazole rings is 2. The second-order valence-electron chi connectivity index (χ2n) is 16.9. The van der Waals surface area contributed by atoms with Crippen LogP contribution in [0.3, 0.4) is 0 Å². The van der Waals surface area contributed by atoms with Gasteiger partial charge in [-0.3, -0.25) is 9.13 Å². The highest BCUT2D eigenvalue weighted by Gasteiger charge is 2.51. The third kappa shape index (κ3) is 9.89. The Kier molecular flexibility index (Phi) is 13.6. The van der Waals surface area contributed by atoms with Gasteiger partial charge in [0.15, 0.2) is 0 Å². The predicted octanol–water partition coefficient (Wildman–Crippen LogP) is 15.2. The lowest BCUT2D eigenvalue weighted by Gasteiger charge is -2.32. The zero-order valence-electron chi connectivity index (χ0n) is 36.9. The molecule has 0 spiro atoms. The Morgan fingerprint density at radius 1 is 0.439 bits per heavy atom. The van der Waals surface area contributed by atoms with Gasteiger partial charge in [0.2, 0.25) is 0 Å². The molecule has 10 aromatic rings. The van der Waals surface area contributed by atoms with E-state index in [-0.39, 0.29) is 18.3 Å². The van der Waals surface area contributed by atoms with Crippen LogP contribution in [-0.2, 0) is 9.31 Å². The number of benzene rings is 8. The summed E-state index contributed by atoms with van der Waals surface area (Å²) in [6, 6.07) is 70.7. The molecule has 66 heavy (non-hydrogen) atoms. The van der Waals surface area contributed by atoms with Gasteiger partial charge in [-0.2, -0.15) is 0 Å². The molecular formula is C56H46BBr2IN4O2.